The highest BCUT2D eigenvalue weighted by atomic mass is 32.2. The molecule has 0 fully saturated rings. The maximum absolute atomic E-state index is 12.3. The highest BCUT2D eigenvalue weighted by Crippen LogP contribution is 2.25. The Labute approximate surface area is 177 Å². The van der Waals surface area contributed by atoms with Crippen LogP contribution in [0.25, 0.3) is 11.4 Å². The van der Waals surface area contributed by atoms with Crippen LogP contribution in [0.5, 0.6) is 0 Å². The fourth-order valence-electron chi connectivity index (χ4n) is 2.53. The molecule has 29 heavy (non-hydrogen) atoms. The molecule has 1 aromatic carbocycles. The lowest BCUT2D eigenvalue weighted by molar-refractivity contribution is -0.113. The smallest absolute Gasteiger partial charge is 0.265 e. The molecule has 2 amide bonds. The Morgan fingerprint density at radius 2 is 1.86 bits per heavy atom. The summed E-state index contributed by atoms with van der Waals surface area (Å²) < 4.78 is 1.87. The first-order valence-corrected chi connectivity index (χ1v) is 10.6. The van der Waals surface area contributed by atoms with E-state index >= 15 is 0 Å². The zero-order valence-electron chi connectivity index (χ0n) is 16.9. The van der Waals surface area contributed by atoms with Gasteiger partial charge in [-0.25, -0.2) is 4.98 Å². The van der Waals surface area contributed by atoms with Gasteiger partial charge in [-0.05, 0) is 13.8 Å². The maximum atomic E-state index is 12.3. The van der Waals surface area contributed by atoms with Gasteiger partial charge in [0, 0.05) is 26.7 Å². The Bertz CT molecular complexity index is 1040. The monoisotopic (exact) mass is 430 g/mol. The molecule has 0 saturated heterocycles. The molecule has 0 unspecified atom stereocenters. The SMILES string of the molecule is Cc1ccc(-c2nnc(SCC(=O)Nc3nc(C)c(C(=O)N(C)C)s3)n2C)cc1. The number of anilines is 1. The van der Waals surface area contributed by atoms with E-state index in [4.69, 9.17) is 0 Å². The van der Waals surface area contributed by atoms with Crippen molar-refractivity contribution in [1.82, 2.24) is 24.6 Å². The van der Waals surface area contributed by atoms with Crippen LogP contribution in [0.15, 0.2) is 29.4 Å². The largest absolute Gasteiger partial charge is 0.344 e. The minimum atomic E-state index is -0.215. The molecule has 0 bridgehead atoms. The van der Waals surface area contributed by atoms with Gasteiger partial charge in [-0.1, -0.05) is 52.9 Å². The number of benzene rings is 1. The van der Waals surface area contributed by atoms with E-state index in [1.165, 1.54) is 33.6 Å². The van der Waals surface area contributed by atoms with Gasteiger partial charge in [-0.2, -0.15) is 0 Å². The lowest BCUT2D eigenvalue weighted by Crippen LogP contribution is -2.21. The van der Waals surface area contributed by atoms with Crippen LogP contribution in [0.3, 0.4) is 0 Å². The standard InChI is InChI=1S/C19H22N6O2S2/c1-11-6-8-13(9-7-11)16-22-23-19(25(16)5)28-10-14(26)21-18-20-12(2)15(29-18)17(27)24(3)4/h6-9H,10H2,1-5H3,(H,20,21,26). The molecule has 3 rings (SSSR count). The molecule has 0 saturated carbocycles. The fraction of sp³-hybridized carbons (Fsp3) is 0.316. The summed E-state index contributed by atoms with van der Waals surface area (Å²) in [7, 11) is 5.24. The summed E-state index contributed by atoms with van der Waals surface area (Å²) in [6, 6.07) is 8.04. The van der Waals surface area contributed by atoms with E-state index in [2.05, 4.69) is 20.5 Å². The molecule has 0 aliphatic carbocycles. The first kappa shape index (κ1) is 21.0. The van der Waals surface area contributed by atoms with Crippen molar-refractivity contribution >= 4 is 40.0 Å². The number of thiazole rings is 1. The van der Waals surface area contributed by atoms with Crippen molar-refractivity contribution in [3.8, 4) is 11.4 Å². The third kappa shape index (κ3) is 4.83. The van der Waals surface area contributed by atoms with Crippen LogP contribution in [0.1, 0.15) is 20.9 Å². The Kier molecular flexibility index (Phi) is 6.33. The molecule has 1 N–H and O–H groups in total. The molecule has 8 nitrogen and oxygen atoms in total. The van der Waals surface area contributed by atoms with Gasteiger partial charge in [0.2, 0.25) is 5.91 Å². The summed E-state index contributed by atoms with van der Waals surface area (Å²) in [6.45, 7) is 3.79. The van der Waals surface area contributed by atoms with Crippen molar-refractivity contribution in [3.05, 3.63) is 40.4 Å². The number of hydrogen-bond donors (Lipinski definition) is 1. The van der Waals surface area contributed by atoms with Gasteiger partial charge in [0.05, 0.1) is 11.4 Å². The van der Waals surface area contributed by atoms with Crippen LogP contribution in [0.2, 0.25) is 0 Å². The van der Waals surface area contributed by atoms with Crippen LogP contribution in [0.4, 0.5) is 5.13 Å². The highest BCUT2D eigenvalue weighted by Gasteiger charge is 2.18. The number of carbonyl (C=O) groups excluding carboxylic acids is 2. The molecular formula is C19H22N6O2S2. The lowest BCUT2D eigenvalue weighted by Gasteiger charge is -2.07. The molecule has 0 atom stereocenters. The van der Waals surface area contributed by atoms with Gasteiger partial charge in [0.15, 0.2) is 16.1 Å². The van der Waals surface area contributed by atoms with E-state index in [-0.39, 0.29) is 17.6 Å². The number of rotatable bonds is 6. The number of aryl methyl sites for hydroxylation is 2. The Balaban J connectivity index is 1.62. The number of carbonyl (C=O) groups is 2. The van der Waals surface area contributed by atoms with Gasteiger partial charge in [-0.15, -0.1) is 10.2 Å². The van der Waals surface area contributed by atoms with Crippen molar-refractivity contribution in [2.24, 2.45) is 7.05 Å². The molecule has 2 aromatic heterocycles. The van der Waals surface area contributed by atoms with E-state index < -0.39 is 0 Å². The summed E-state index contributed by atoms with van der Waals surface area (Å²) in [4.78, 5) is 30.7. The summed E-state index contributed by atoms with van der Waals surface area (Å²) in [5, 5.41) is 12.2. The van der Waals surface area contributed by atoms with Crippen molar-refractivity contribution in [2.45, 2.75) is 19.0 Å². The Morgan fingerprint density at radius 1 is 1.17 bits per heavy atom. The number of amides is 2. The average molecular weight is 431 g/mol. The quantitative estimate of drug-likeness (QED) is 0.605. The third-order valence-electron chi connectivity index (χ3n) is 4.12. The zero-order chi connectivity index (χ0) is 21.1. The van der Waals surface area contributed by atoms with Crippen molar-refractivity contribution in [3.63, 3.8) is 0 Å². The van der Waals surface area contributed by atoms with Crippen LogP contribution >= 0.6 is 23.1 Å². The average Bonchev–Trinajstić information content (AvgIpc) is 3.22. The third-order valence-corrected chi connectivity index (χ3v) is 6.20. The van der Waals surface area contributed by atoms with Crippen molar-refractivity contribution in [2.75, 3.05) is 25.2 Å². The Hall–Kier alpha value is -2.72. The number of thioether (sulfide) groups is 1. The lowest BCUT2D eigenvalue weighted by atomic mass is 10.1. The second-order valence-electron chi connectivity index (χ2n) is 6.70. The number of hydrogen-bond acceptors (Lipinski definition) is 7. The van der Waals surface area contributed by atoms with Gasteiger partial charge in [0.1, 0.15) is 4.88 Å². The summed E-state index contributed by atoms with van der Waals surface area (Å²) in [5.41, 5.74) is 2.75. The van der Waals surface area contributed by atoms with Crippen LogP contribution in [-0.4, -0.2) is 56.3 Å². The molecule has 0 radical (unpaired) electrons. The molecule has 152 valence electrons. The van der Waals surface area contributed by atoms with Crippen LogP contribution < -0.4 is 5.32 Å². The van der Waals surface area contributed by atoms with Gasteiger partial charge in [-0.3, -0.25) is 9.59 Å². The normalized spacial score (nSPS) is 10.8. The summed E-state index contributed by atoms with van der Waals surface area (Å²) in [5.74, 6) is 0.565. The number of nitrogens with one attached hydrogen (secondary N) is 1. The molecule has 10 heteroatoms. The second-order valence-corrected chi connectivity index (χ2v) is 8.64. The van der Waals surface area contributed by atoms with Gasteiger partial charge < -0.3 is 14.8 Å². The van der Waals surface area contributed by atoms with E-state index in [9.17, 15) is 9.59 Å². The van der Waals surface area contributed by atoms with Crippen molar-refractivity contribution in [1.29, 1.82) is 0 Å². The summed E-state index contributed by atoms with van der Waals surface area (Å²) >= 11 is 2.47. The number of aromatic nitrogens is 4. The Morgan fingerprint density at radius 3 is 2.52 bits per heavy atom. The van der Waals surface area contributed by atoms with Crippen LogP contribution in [-0.2, 0) is 11.8 Å². The summed E-state index contributed by atoms with van der Waals surface area (Å²) in [6.07, 6.45) is 0. The topological polar surface area (TPSA) is 93.0 Å². The number of nitrogens with zero attached hydrogens (tertiary/aromatic N) is 5. The second kappa shape index (κ2) is 8.75. The molecule has 2 heterocycles. The fourth-order valence-corrected chi connectivity index (χ4v) is 4.25. The molecule has 0 aliphatic rings. The van der Waals surface area contributed by atoms with Crippen LogP contribution in [0, 0.1) is 13.8 Å². The van der Waals surface area contributed by atoms with E-state index in [0.717, 1.165) is 11.4 Å². The highest BCUT2D eigenvalue weighted by molar-refractivity contribution is 7.99. The maximum Gasteiger partial charge on any atom is 0.265 e. The molecular weight excluding hydrogens is 408 g/mol. The first-order chi connectivity index (χ1) is 13.8. The molecule has 0 spiro atoms. The predicted octanol–water partition coefficient (Wildman–Crippen LogP) is 2.99. The van der Waals surface area contributed by atoms with E-state index in [0.29, 0.717) is 20.9 Å². The molecule has 0 aliphatic heterocycles. The van der Waals surface area contributed by atoms with E-state index in [1.807, 2.05) is 42.8 Å². The predicted molar refractivity (Wildman–Crippen MR) is 115 cm³/mol. The van der Waals surface area contributed by atoms with Crippen molar-refractivity contribution < 1.29 is 9.59 Å². The molecule has 3 aromatic rings. The first-order valence-electron chi connectivity index (χ1n) is 8.84. The zero-order valence-corrected chi connectivity index (χ0v) is 18.5. The minimum Gasteiger partial charge on any atom is -0.344 e. The minimum absolute atomic E-state index is 0.127. The van der Waals surface area contributed by atoms with E-state index in [1.54, 1.807) is 21.0 Å². The van der Waals surface area contributed by atoms with Gasteiger partial charge in [0.25, 0.3) is 5.91 Å². The van der Waals surface area contributed by atoms with Gasteiger partial charge >= 0.3 is 0 Å².